The number of thiophene rings is 1. The molecule has 0 atom stereocenters. The van der Waals surface area contributed by atoms with E-state index in [2.05, 4.69) is 205 Å². The van der Waals surface area contributed by atoms with Crippen molar-refractivity contribution >= 4 is 82.1 Å². The third-order valence-corrected chi connectivity index (χ3v) is 16.5. The molecule has 10 aromatic rings. The molecular formula is C48H33NSSi. The van der Waals surface area contributed by atoms with Gasteiger partial charge >= 0.3 is 0 Å². The summed E-state index contributed by atoms with van der Waals surface area (Å²) in [4.78, 5) is 0. The predicted molar refractivity (Wildman–Crippen MR) is 223 cm³/mol. The van der Waals surface area contributed by atoms with Crippen molar-refractivity contribution in [3.8, 4) is 16.8 Å². The third kappa shape index (κ3) is 4.59. The number of fused-ring (bicyclic) bond motifs is 6. The highest BCUT2D eigenvalue weighted by Gasteiger charge is 2.41. The minimum Gasteiger partial charge on any atom is -0.309 e. The quantitative estimate of drug-likeness (QED) is 0.121. The van der Waals surface area contributed by atoms with Crippen LogP contribution in [0.25, 0.3) is 58.8 Å². The second-order valence-corrected chi connectivity index (χ2v) is 18.1. The number of aromatic nitrogens is 1. The number of hydrogen-bond donors (Lipinski definition) is 0. The number of para-hydroxylation sites is 2. The molecule has 0 spiro atoms. The molecule has 240 valence electrons. The van der Waals surface area contributed by atoms with Gasteiger partial charge in [0.25, 0.3) is 0 Å². The normalized spacial score (nSPS) is 11.9. The van der Waals surface area contributed by atoms with Gasteiger partial charge < -0.3 is 4.57 Å². The molecule has 8 aromatic carbocycles. The van der Waals surface area contributed by atoms with E-state index in [0.29, 0.717) is 0 Å². The maximum atomic E-state index is 2.52. The lowest BCUT2D eigenvalue weighted by molar-refractivity contribution is 1.18. The molecule has 0 aliphatic heterocycles. The Hall–Kier alpha value is -6.00. The zero-order chi connectivity index (χ0) is 33.8. The second-order valence-electron chi connectivity index (χ2n) is 13.2. The molecule has 2 aromatic heterocycles. The summed E-state index contributed by atoms with van der Waals surface area (Å²) in [5.74, 6) is 0. The third-order valence-electron chi connectivity index (χ3n) is 10.5. The van der Waals surface area contributed by atoms with E-state index >= 15 is 0 Å². The van der Waals surface area contributed by atoms with E-state index < -0.39 is 8.07 Å². The van der Waals surface area contributed by atoms with E-state index in [0.717, 1.165) is 0 Å². The molecule has 10 rings (SSSR count). The number of hydrogen-bond acceptors (Lipinski definition) is 1. The first-order chi connectivity index (χ1) is 25.3. The second kappa shape index (κ2) is 12.1. The smallest absolute Gasteiger partial charge is 0.179 e. The first kappa shape index (κ1) is 29.9. The largest absolute Gasteiger partial charge is 0.309 e. The van der Waals surface area contributed by atoms with Crippen LogP contribution in [0.1, 0.15) is 0 Å². The lowest BCUT2D eigenvalue weighted by Gasteiger charge is -2.34. The van der Waals surface area contributed by atoms with E-state index in [9.17, 15) is 0 Å². The molecule has 0 amide bonds. The van der Waals surface area contributed by atoms with Crippen LogP contribution in [0, 0.1) is 0 Å². The maximum absolute atomic E-state index is 2.72. The molecule has 0 saturated heterocycles. The standard InChI is InChI=1S/C48H33NSSi/c1-4-18-35(19-5-1)51(36-20-6-2-7-21-36,37-22-8-3-9-23-37)38-24-14-17-34(33-38)49-45-31-12-10-25-39(45)41-27-15-28-42(47(41)49)44-30-16-29-43-40-26-11-13-32-46(40)50-48(43)44/h1-33H. The van der Waals surface area contributed by atoms with Gasteiger partial charge in [0.1, 0.15) is 0 Å². The van der Waals surface area contributed by atoms with Crippen molar-refractivity contribution in [2.45, 2.75) is 0 Å². The molecule has 0 fully saturated rings. The van der Waals surface area contributed by atoms with Crippen LogP contribution in [-0.4, -0.2) is 12.6 Å². The van der Waals surface area contributed by atoms with Crippen molar-refractivity contribution in [1.29, 1.82) is 0 Å². The average Bonchev–Trinajstić information content (AvgIpc) is 3.76. The van der Waals surface area contributed by atoms with E-state index in [-0.39, 0.29) is 0 Å². The Morgan fingerprint density at radius 3 is 1.57 bits per heavy atom. The molecule has 0 saturated carbocycles. The van der Waals surface area contributed by atoms with Gasteiger partial charge in [0.2, 0.25) is 0 Å². The lowest BCUT2D eigenvalue weighted by Crippen LogP contribution is -2.74. The Balaban J connectivity index is 1.30. The number of rotatable bonds is 6. The van der Waals surface area contributed by atoms with Crippen LogP contribution in [0.5, 0.6) is 0 Å². The molecule has 3 heteroatoms. The van der Waals surface area contributed by atoms with Crippen LogP contribution in [0.15, 0.2) is 200 Å². The Bertz CT molecular complexity index is 2760. The lowest BCUT2D eigenvalue weighted by atomic mass is 10.00. The SMILES string of the molecule is c1ccc([Si](c2ccccc2)(c2ccccc2)c2cccc(-n3c4ccccc4c4cccc(-c5cccc6c5sc5ccccc56)c43)c2)cc1. The molecule has 0 aliphatic carbocycles. The van der Waals surface area contributed by atoms with E-state index in [1.807, 2.05) is 11.3 Å². The molecular weight excluding hydrogens is 651 g/mol. The Labute approximate surface area is 302 Å². The number of benzene rings is 8. The zero-order valence-corrected chi connectivity index (χ0v) is 29.7. The molecule has 0 N–H and O–H groups in total. The van der Waals surface area contributed by atoms with Crippen molar-refractivity contribution < 1.29 is 0 Å². The fourth-order valence-electron chi connectivity index (χ4n) is 8.41. The summed E-state index contributed by atoms with van der Waals surface area (Å²) in [5, 5.41) is 10.7. The Morgan fingerprint density at radius 1 is 0.373 bits per heavy atom. The zero-order valence-electron chi connectivity index (χ0n) is 27.9. The van der Waals surface area contributed by atoms with Crippen LogP contribution < -0.4 is 20.7 Å². The summed E-state index contributed by atoms with van der Waals surface area (Å²) in [6.45, 7) is 0. The molecule has 0 aliphatic rings. The highest BCUT2D eigenvalue weighted by Crippen LogP contribution is 2.44. The molecule has 0 radical (unpaired) electrons. The van der Waals surface area contributed by atoms with Crippen LogP contribution >= 0.6 is 11.3 Å². The maximum Gasteiger partial charge on any atom is 0.179 e. The summed E-state index contributed by atoms with van der Waals surface area (Å²) in [6.07, 6.45) is 0. The molecule has 0 unspecified atom stereocenters. The van der Waals surface area contributed by atoms with Gasteiger partial charge in [-0.1, -0.05) is 176 Å². The van der Waals surface area contributed by atoms with Crippen molar-refractivity contribution in [3.05, 3.63) is 200 Å². The fourth-order valence-corrected chi connectivity index (χ4v) is 14.4. The van der Waals surface area contributed by atoms with Gasteiger partial charge in [-0.3, -0.25) is 0 Å². The van der Waals surface area contributed by atoms with Gasteiger partial charge in [-0.2, -0.15) is 0 Å². The molecule has 0 bridgehead atoms. The minimum absolute atomic E-state index is 1.18. The van der Waals surface area contributed by atoms with Gasteiger partial charge in [0.05, 0.1) is 11.0 Å². The number of nitrogens with zero attached hydrogens (tertiary/aromatic N) is 1. The molecule has 51 heavy (non-hydrogen) atoms. The first-order valence-electron chi connectivity index (χ1n) is 17.5. The van der Waals surface area contributed by atoms with Crippen LogP contribution in [-0.2, 0) is 0 Å². The van der Waals surface area contributed by atoms with E-state index in [1.165, 1.54) is 79.5 Å². The average molecular weight is 684 g/mol. The Morgan fingerprint density at radius 2 is 0.882 bits per heavy atom. The fraction of sp³-hybridized carbons (Fsp3) is 0. The van der Waals surface area contributed by atoms with Crippen LogP contribution in [0.3, 0.4) is 0 Å². The van der Waals surface area contributed by atoms with Crippen LogP contribution in [0.2, 0.25) is 0 Å². The van der Waals surface area contributed by atoms with E-state index in [1.54, 1.807) is 0 Å². The summed E-state index contributed by atoms with van der Waals surface area (Å²) in [5.41, 5.74) is 6.17. The monoisotopic (exact) mass is 683 g/mol. The van der Waals surface area contributed by atoms with Crippen molar-refractivity contribution in [2.75, 3.05) is 0 Å². The van der Waals surface area contributed by atoms with Crippen molar-refractivity contribution in [1.82, 2.24) is 4.57 Å². The van der Waals surface area contributed by atoms with Gasteiger partial charge in [-0.05, 0) is 45.0 Å². The van der Waals surface area contributed by atoms with Gasteiger partial charge in [0, 0.05) is 47.8 Å². The topological polar surface area (TPSA) is 4.93 Å². The summed E-state index contributed by atoms with van der Waals surface area (Å²) in [6, 6.07) is 74.4. The van der Waals surface area contributed by atoms with E-state index in [4.69, 9.17) is 0 Å². The first-order valence-corrected chi connectivity index (χ1v) is 20.3. The van der Waals surface area contributed by atoms with Crippen molar-refractivity contribution in [3.63, 3.8) is 0 Å². The predicted octanol–water partition coefficient (Wildman–Crippen LogP) is 10.2. The highest BCUT2D eigenvalue weighted by molar-refractivity contribution is 7.26. The summed E-state index contributed by atoms with van der Waals surface area (Å²) in [7, 11) is -2.72. The molecule has 2 heterocycles. The van der Waals surface area contributed by atoms with Crippen molar-refractivity contribution in [2.24, 2.45) is 0 Å². The Kier molecular flexibility index (Phi) is 7.09. The van der Waals surface area contributed by atoms with Gasteiger partial charge in [-0.15, -0.1) is 11.3 Å². The summed E-state index contributed by atoms with van der Waals surface area (Å²) < 4.78 is 5.18. The highest BCUT2D eigenvalue weighted by atomic mass is 32.1. The van der Waals surface area contributed by atoms with Crippen LogP contribution in [0.4, 0.5) is 0 Å². The van der Waals surface area contributed by atoms with Gasteiger partial charge in [-0.25, -0.2) is 0 Å². The molecule has 1 nitrogen and oxygen atoms in total. The minimum atomic E-state index is -2.72. The van der Waals surface area contributed by atoms with Gasteiger partial charge in [0.15, 0.2) is 8.07 Å². The summed E-state index contributed by atoms with van der Waals surface area (Å²) >= 11 is 1.90.